The number of nitrogens with zero attached hydrogens (tertiary/aromatic N) is 3. The van der Waals surface area contributed by atoms with Crippen molar-refractivity contribution in [2.24, 2.45) is 12.8 Å². The van der Waals surface area contributed by atoms with Crippen LogP contribution in [0.2, 0.25) is 5.02 Å². The number of amides is 1. The third-order valence-electron chi connectivity index (χ3n) is 7.27. The summed E-state index contributed by atoms with van der Waals surface area (Å²) in [5, 5.41) is 1.96. The summed E-state index contributed by atoms with van der Waals surface area (Å²) in [7, 11) is 2.07. The summed E-state index contributed by atoms with van der Waals surface area (Å²) in [5.74, 6) is 0.661. The number of aryl methyl sites for hydroxylation is 1. The van der Waals surface area contributed by atoms with Gasteiger partial charge in [-0.3, -0.25) is 9.69 Å². The topological polar surface area (TPSA) is 63.7 Å². The molecular formula is C28H37ClN4O2. The van der Waals surface area contributed by atoms with Crippen LogP contribution >= 0.6 is 11.6 Å². The maximum Gasteiger partial charge on any atom is 0.237 e. The molecule has 2 heterocycles. The Morgan fingerprint density at radius 1 is 1.03 bits per heavy atom. The second-order valence-corrected chi connectivity index (χ2v) is 10.4. The Hall–Kier alpha value is -2.54. The van der Waals surface area contributed by atoms with Crippen molar-refractivity contribution in [1.29, 1.82) is 0 Å². The summed E-state index contributed by atoms with van der Waals surface area (Å²) < 4.78 is 8.22. The van der Waals surface area contributed by atoms with Crippen LogP contribution < -0.4 is 10.5 Å². The fourth-order valence-electron chi connectivity index (χ4n) is 4.80. The number of hydrogen-bond acceptors (Lipinski definition) is 4. The summed E-state index contributed by atoms with van der Waals surface area (Å²) in [6.45, 7) is 9.40. The number of rotatable bonds is 10. The summed E-state index contributed by atoms with van der Waals surface area (Å²) >= 11 is 6.05. The molecule has 2 N–H and O–H groups in total. The molecule has 0 radical (unpaired) electrons. The SMILES string of the molecule is Cn1cc(-c2ccc(Cl)cc2)c2ccc(OCCCCCN3CCN(C(C)(C)C(N)=O)CC3)cc21. The Balaban J connectivity index is 1.20. The standard InChI is InChI=1S/C28H37ClN4O2/c1-28(2,27(30)34)33-16-14-32(15-17-33)13-5-4-6-18-35-23-11-12-24-25(20-31(3)26(24)19-23)21-7-9-22(29)10-8-21/h7-12,19-20H,4-6,13-18H2,1-3H3,(H2,30,34). The lowest BCUT2D eigenvalue weighted by Gasteiger charge is -2.42. The lowest BCUT2D eigenvalue weighted by atomic mass is 10.0. The largest absolute Gasteiger partial charge is 0.494 e. The zero-order valence-corrected chi connectivity index (χ0v) is 21.9. The average molecular weight is 497 g/mol. The van der Waals surface area contributed by atoms with Crippen LogP contribution in [0.3, 0.4) is 0 Å². The van der Waals surface area contributed by atoms with E-state index in [-0.39, 0.29) is 5.91 Å². The number of piperazine rings is 1. The first-order valence-electron chi connectivity index (χ1n) is 12.5. The molecule has 2 aromatic carbocycles. The van der Waals surface area contributed by atoms with E-state index in [2.05, 4.69) is 57.9 Å². The van der Waals surface area contributed by atoms with Crippen molar-refractivity contribution in [2.75, 3.05) is 39.3 Å². The predicted octanol–water partition coefficient (Wildman–Crippen LogP) is 4.93. The number of nitrogens with two attached hydrogens (primary N) is 1. The van der Waals surface area contributed by atoms with Gasteiger partial charge in [0.15, 0.2) is 0 Å². The van der Waals surface area contributed by atoms with Gasteiger partial charge in [0.2, 0.25) is 5.91 Å². The second kappa shape index (κ2) is 11.0. The zero-order valence-electron chi connectivity index (χ0n) is 21.1. The summed E-state index contributed by atoms with van der Waals surface area (Å²) in [6, 6.07) is 14.3. The molecule has 188 valence electrons. The van der Waals surface area contributed by atoms with E-state index in [1.54, 1.807) is 0 Å². The molecule has 7 heteroatoms. The highest BCUT2D eigenvalue weighted by molar-refractivity contribution is 6.30. The van der Waals surface area contributed by atoms with Gasteiger partial charge in [0.25, 0.3) is 0 Å². The molecule has 0 aliphatic carbocycles. The molecule has 1 aliphatic heterocycles. The molecule has 1 fully saturated rings. The highest BCUT2D eigenvalue weighted by Crippen LogP contribution is 2.33. The number of halogens is 1. The normalized spacial score (nSPS) is 15.5. The maximum absolute atomic E-state index is 11.7. The molecule has 35 heavy (non-hydrogen) atoms. The number of carbonyl (C=O) groups is 1. The predicted molar refractivity (Wildman–Crippen MR) is 144 cm³/mol. The summed E-state index contributed by atoms with van der Waals surface area (Å²) in [5.41, 5.74) is 8.51. The molecule has 0 unspecified atom stereocenters. The highest BCUT2D eigenvalue weighted by atomic mass is 35.5. The molecule has 6 nitrogen and oxygen atoms in total. The maximum atomic E-state index is 11.7. The van der Waals surface area contributed by atoms with Crippen molar-refractivity contribution in [2.45, 2.75) is 38.6 Å². The van der Waals surface area contributed by atoms with Gasteiger partial charge in [0, 0.05) is 61.5 Å². The van der Waals surface area contributed by atoms with E-state index < -0.39 is 5.54 Å². The number of ether oxygens (including phenoxy) is 1. The molecule has 3 aromatic rings. The fraction of sp³-hybridized carbons (Fsp3) is 0.464. The quantitative estimate of drug-likeness (QED) is 0.404. The van der Waals surface area contributed by atoms with E-state index in [4.69, 9.17) is 22.1 Å². The number of unbranched alkanes of at least 4 members (excludes halogenated alkanes) is 2. The van der Waals surface area contributed by atoms with Crippen molar-refractivity contribution in [3.8, 4) is 16.9 Å². The molecule has 1 aliphatic rings. The van der Waals surface area contributed by atoms with Crippen LogP contribution in [0.25, 0.3) is 22.0 Å². The van der Waals surface area contributed by atoms with Crippen LogP contribution in [0, 0.1) is 0 Å². The van der Waals surface area contributed by atoms with Gasteiger partial charge in [0.1, 0.15) is 5.75 Å². The zero-order chi connectivity index (χ0) is 25.0. The number of benzene rings is 2. The van der Waals surface area contributed by atoms with Gasteiger partial charge in [-0.15, -0.1) is 0 Å². The number of hydrogen-bond donors (Lipinski definition) is 1. The lowest BCUT2D eigenvalue weighted by molar-refractivity contribution is -0.129. The van der Waals surface area contributed by atoms with Crippen LogP contribution in [0.5, 0.6) is 5.75 Å². The number of fused-ring (bicyclic) bond motifs is 1. The van der Waals surface area contributed by atoms with Gasteiger partial charge in [-0.25, -0.2) is 0 Å². The van der Waals surface area contributed by atoms with Gasteiger partial charge >= 0.3 is 0 Å². The van der Waals surface area contributed by atoms with Gasteiger partial charge in [0.05, 0.1) is 17.7 Å². The summed E-state index contributed by atoms with van der Waals surface area (Å²) in [6.07, 6.45) is 5.49. The van der Waals surface area contributed by atoms with E-state index in [1.165, 1.54) is 10.9 Å². The third-order valence-corrected chi connectivity index (χ3v) is 7.52. The molecule has 0 spiro atoms. The fourth-order valence-corrected chi connectivity index (χ4v) is 4.93. The smallest absolute Gasteiger partial charge is 0.237 e. The van der Waals surface area contributed by atoms with Crippen LogP contribution in [-0.4, -0.2) is 65.1 Å². The Morgan fingerprint density at radius 3 is 2.43 bits per heavy atom. The van der Waals surface area contributed by atoms with E-state index in [1.807, 2.05) is 26.0 Å². The Labute approximate surface area is 213 Å². The molecular weight excluding hydrogens is 460 g/mol. The van der Waals surface area contributed by atoms with Gasteiger partial charge in [-0.1, -0.05) is 23.7 Å². The minimum atomic E-state index is -0.566. The molecule has 4 rings (SSSR count). The first kappa shape index (κ1) is 25.5. The molecule has 0 atom stereocenters. The average Bonchev–Trinajstić information content (AvgIpc) is 3.17. The van der Waals surface area contributed by atoms with Crippen molar-refractivity contribution in [3.63, 3.8) is 0 Å². The first-order valence-corrected chi connectivity index (χ1v) is 12.9. The van der Waals surface area contributed by atoms with Gasteiger partial charge in [-0.05, 0) is 69.5 Å². The van der Waals surface area contributed by atoms with Crippen molar-refractivity contribution in [1.82, 2.24) is 14.4 Å². The second-order valence-electron chi connectivity index (χ2n) is 10.0. The van der Waals surface area contributed by atoms with Crippen molar-refractivity contribution in [3.05, 3.63) is 53.7 Å². The van der Waals surface area contributed by atoms with E-state index >= 15 is 0 Å². The summed E-state index contributed by atoms with van der Waals surface area (Å²) in [4.78, 5) is 16.4. The lowest BCUT2D eigenvalue weighted by Crippen LogP contribution is -2.59. The van der Waals surface area contributed by atoms with Crippen molar-refractivity contribution >= 4 is 28.4 Å². The number of primary amides is 1. The van der Waals surface area contributed by atoms with E-state index in [0.717, 1.165) is 80.4 Å². The molecule has 0 bridgehead atoms. The van der Waals surface area contributed by atoms with Crippen LogP contribution in [-0.2, 0) is 11.8 Å². The molecule has 1 amide bonds. The van der Waals surface area contributed by atoms with E-state index in [0.29, 0.717) is 0 Å². The van der Waals surface area contributed by atoms with Crippen LogP contribution in [0.4, 0.5) is 0 Å². The van der Waals surface area contributed by atoms with Crippen LogP contribution in [0.1, 0.15) is 33.1 Å². The molecule has 1 aromatic heterocycles. The number of carbonyl (C=O) groups excluding carboxylic acids is 1. The van der Waals surface area contributed by atoms with Gasteiger partial charge < -0.3 is 19.9 Å². The highest BCUT2D eigenvalue weighted by Gasteiger charge is 2.34. The monoisotopic (exact) mass is 496 g/mol. The van der Waals surface area contributed by atoms with Crippen molar-refractivity contribution < 1.29 is 9.53 Å². The Bertz CT molecular complexity index is 1150. The first-order chi connectivity index (χ1) is 16.8. The Kier molecular flexibility index (Phi) is 8.05. The molecule has 1 saturated heterocycles. The Morgan fingerprint density at radius 2 is 1.74 bits per heavy atom. The van der Waals surface area contributed by atoms with E-state index in [9.17, 15) is 4.79 Å². The van der Waals surface area contributed by atoms with Crippen LogP contribution in [0.15, 0.2) is 48.7 Å². The molecule has 0 saturated carbocycles. The minimum absolute atomic E-state index is 0.251. The minimum Gasteiger partial charge on any atom is -0.494 e. The third kappa shape index (κ3) is 6.00. The number of aromatic nitrogens is 1. The van der Waals surface area contributed by atoms with Gasteiger partial charge in [-0.2, -0.15) is 0 Å².